The van der Waals surface area contributed by atoms with Gasteiger partial charge in [0, 0.05) is 12.4 Å². The van der Waals surface area contributed by atoms with Crippen LogP contribution in [-0.4, -0.2) is 30.8 Å². The molecule has 0 aromatic carbocycles. The third-order valence-electron chi connectivity index (χ3n) is 1.92. The molecule has 0 bridgehead atoms. The van der Waals surface area contributed by atoms with E-state index < -0.39 is 0 Å². The zero-order valence-electron chi connectivity index (χ0n) is 8.08. The van der Waals surface area contributed by atoms with Gasteiger partial charge < -0.3 is 5.32 Å². The highest BCUT2D eigenvalue weighted by Crippen LogP contribution is 2.03. The first-order valence-electron chi connectivity index (χ1n) is 4.41. The molecule has 0 aliphatic rings. The fourth-order valence-electron chi connectivity index (χ4n) is 1.13. The second-order valence-electron chi connectivity index (χ2n) is 3.01. The Kier molecular flexibility index (Phi) is 2.44. The molecule has 0 aliphatic carbocycles. The molecule has 0 fully saturated rings. The number of rotatable bonds is 2. The second kappa shape index (κ2) is 3.91. The third kappa shape index (κ3) is 2.01. The SMILES string of the molecule is CC(NC(=O)n1ccnc1)c1ncn[nH]1. The number of imidazole rings is 1. The van der Waals surface area contributed by atoms with Crippen LogP contribution in [0.2, 0.25) is 0 Å². The molecule has 0 radical (unpaired) electrons. The molecule has 78 valence electrons. The molecule has 1 atom stereocenters. The van der Waals surface area contributed by atoms with Gasteiger partial charge in [-0.3, -0.25) is 9.67 Å². The van der Waals surface area contributed by atoms with Gasteiger partial charge in [0.1, 0.15) is 18.5 Å². The zero-order chi connectivity index (χ0) is 10.7. The van der Waals surface area contributed by atoms with Crippen molar-refractivity contribution in [3.05, 3.63) is 30.9 Å². The Morgan fingerprint density at radius 1 is 1.67 bits per heavy atom. The van der Waals surface area contributed by atoms with Gasteiger partial charge in [-0.2, -0.15) is 5.10 Å². The third-order valence-corrected chi connectivity index (χ3v) is 1.92. The normalized spacial score (nSPS) is 12.3. The maximum atomic E-state index is 11.6. The number of nitrogens with one attached hydrogen (secondary N) is 2. The first-order chi connectivity index (χ1) is 7.27. The van der Waals surface area contributed by atoms with Crippen molar-refractivity contribution < 1.29 is 4.79 Å². The van der Waals surface area contributed by atoms with Crippen LogP contribution in [0.3, 0.4) is 0 Å². The number of aromatic amines is 1. The van der Waals surface area contributed by atoms with Crippen LogP contribution in [0.25, 0.3) is 0 Å². The van der Waals surface area contributed by atoms with Crippen LogP contribution in [-0.2, 0) is 0 Å². The van der Waals surface area contributed by atoms with Crippen LogP contribution in [0.4, 0.5) is 4.79 Å². The van der Waals surface area contributed by atoms with Crippen molar-refractivity contribution in [3.63, 3.8) is 0 Å². The Balaban J connectivity index is 2.01. The zero-order valence-corrected chi connectivity index (χ0v) is 8.08. The number of nitrogens with zero attached hydrogens (tertiary/aromatic N) is 4. The summed E-state index contributed by atoms with van der Waals surface area (Å²) >= 11 is 0. The average Bonchev–Trinajstić information content (AvgIpc) is 2.91. The van der Waals surface area contributed by atoms with Crippen LogP contribution in [0, 0.1) is 0 Å². The van der Waals surface area contributed by atoms with Crippen molar-refractivity contribution in [2.24, 2.45) is 0 Å². The fraction of sp³-hybridized carbons (Fsp3) is 0.250. The van der Waals surface area contributed by atoms with E-state index in [0.29, 0.717) is 5.82 Å². The maximum absolute atomic E-state index is 11.6. The fourth-order valence-corrected chi connectivity index (χ4v) is 1.13. The van der Waals surface area contributed by atoms with Crippen LogP contribution in [0.15, 0.2) is 25.0 Å². The van der Waals surface area contributed by atoms with Crippen LogP contribution in [0.5, 0.6) is 0 Å². The number of H-pyrrole nitrogens is 1. The first kappa shape index (κ1) is 9.38. The minimum Gasteiger partial charge on any atom is -0.328 e. The number of aromatic nitrogens is 5. The van der Waals surface area contributed by atoms with Gasteiger partial charge in [-0.1, -0.05) is 0 Å². The summed E-state index contributed by atoms with van der Waals surface area (Å²) in [5, 5.41) is 9.13. The molecule has 0 saturated heterocycles. The van der Waals surface area contributed by atoms with Crippen molar-refractivity contribution in [2.45, 2.75) is 13.0 Å². The number of hydrogen-bond acceptors (Lipinski definition) is 4. The monoisotopic (exact) mass is 206 g/mol. The molecule has 0 saturated carbocycles. The highest BCUT2D eigenvalue weighted by molar-refractivity contribution is 5.76. The van der Waals surface area contributed by atoms with E-state index in [1.165, 1.54) is 17.2 Å². The van der Waals surface area contributed by atoms with Crippen LogP contribution < -0.4 is 5.32 Å². The number of amides is 1. The Morgan fingerprint density at radius 3 is 3.13 bits per heavy atom. The molecule has 2 aromatic heterocycles. The van der Waals surface area contributed by atoms with Crippen molar-refractivity contribution in [2.75, 3.05) is 0 Å². The van der Waals surface area contributed by atoms with Gasteiger partial charge in [-0.05, 0) is 6.92 Å². The molecule has 2 N–H and O–H groups in total. The molecule has 2 rings (SSSR count). The summed E-state index contributed by atoms with van der Waals surface area (Å²) in [5.74, 6) is 0.614. The lowest BCUT2D eigenvalue weighted by molar-refractivity contribution is 0.239. The Labute approximate surface area is 85.6 Å². The summed E-state index contributed by atoms with van der Waals surface area (Å²) in [6.07, 6.45) is 5.94. The van der Waals surface area contributed by atoms with E-state index in [2.05, 4.69) is 25.5 Å². The average molecular weight is 206 g/mol. The van der Waals surface area contributed by atoms with E-state index in [9.17, 15) is 4.79 Å². The van der Waals surface area contributed by atoms with Crippen LogP contribution >= 0.6 is 0 Å². The Hall–Kier alpha value is -2.18. The van der Waals surface area contributed by atoms with Gasteiger partial charge in [0.2, 0.25) is 0 Å². The Morgan fingerprint density at radius 2 is 2.53 bits per heavy atom. The number of hydrogen-bond donors (Lipinski definition) is 2. The minimum atomic E-state index is -0.253. The van der Waals surface area contributed by atoms with E-state index in [4.69, 9.17) is 0 Å². The van der Waals surface area contributed by atoms with Crippen molar-refractivity contribution >= 4 is 6.03 Å². The molecule has 1 unspecified atom stereocenters. The van der Waals surface area contributed by atoms with E-state index in [0.717, 1.165) is 0 Å². The van der Waals surface area contributed by atoms with E-state index in [-0.39, 0.29) is 12.1 Å². The van der Waals surface area contributed by atoms with Crippen molar-refractivity contribution in [3.8, 4) is 0 Å². The standard InChI is InChI=1S/C8H10N6O/c1-6(7-10-4-11-13-7)12-8(15)14-3-2-9-5-14/h2-6H,1H3,(H,12,15)(H,10,11,13). The van der Waals surface area contributed by atoms with Gasteiger partial charge in [0.15, 0.2) is 0 Å². The maximum Gasteiger partial charge on any atom is 0.327 e. The Bertz CT molecular complexity index is 420. The highest BCUT2D eigenvalue weighted by atomic mass is 16.2. The van der Waals surface area contributed by atoms with Gasteiger partial charge in [-0.25, -0.2) is 14.8 Å². The highest BCUT2D eigenvalue weighted by Gasteiger charge is 2.12. The molecular formula is C8H10N6O. The lowest BCUT2D eigenvalue weighted by atomic mass is 10.3. The molecule has 1 amide bonds. The van der Waals surface area contributed by atoms with Gasteiger partial charge in [0.05, 0.1) is 6.04 Å². The number of carbonyl (C=O) groups excluding carboxylic acids is 1. The molecule has 7 heteroatoms. The van der Waals surface area contributed by atoms with Crippen molar-refractivity contribution in [1.82, 2.24) is 30.0 Å². The van der Waals surface area contributed by atoms with E-state index in [1.807, 2.05) is 6.92 Å². The summed E-state index contributed by atoms with van der Waals surface area (Å²) in [6.45, 7) is 1.81. The summed E-state index contributed by atoms with van der Waals surface area (Å²) in [7, 11) is 0. The number of carbonyl (C=O) groups is 1. The molecule has 2 heterocycles. The van der Waals surface area contributed by atoms with Gasteiger partial charge >= 0.3 is 6.03 Å². The summed E-state index contributed by atoms with van der Waals surface area (Å²) in [5.41, 5.74) is 0. The quantitative estimate of drug-likeness (QED) is 0.740. The van der Waals surface area contributed by atoms with E-state index in [1.54, 1.807) is 12.4 Å². The predicted octanol–water partition coefficient (Wildman–Crippen LogP) is 0.320. The topological polar surface area (TPSA) is 88.5 Å². The van der Waals surface area contributed by atoms with Gasteiger partial charge in [0.25, 0.3) is 0 Å². The molecule has 2 aromatic rings. The molecular weight excluding hydrogens is 196 g/mol. The molecule has 0 spiro atoms. The summed E-state index contributed by atoms with van der Waals surface area (Å²) in [6, 6.07) is -0.473. The van der Waals surface area contributed by atoms with Crippen molar-refractivity contribution in [1.29, 1.82) is 0 Å². The molecule has 15 heavy (non-hydrogen) atoms. The minimum absolute atomic E-state index is 0.220. The first-order valence-corrected chi connectivity index (χ1v) is 4.41. The largest absolute Gasteiger partial charge is 0.328 e. The summed E-state index contributed by atoms with van der Waals surface area (Å²) in [4.78, 5) is 19.3. The molecule has 0 aliphatic heterocycles. The van der Waals surface area contributed by atoms with E-state index >= 15 is 0 Å². The lowest BCUT2D eigenvalue weighted by Gasteiger charge is -2.10. The summed E-state index contributed by atoms with van der Waals surface area (Å²) < 4.78 is 1.35. The lowest BCUT2D eigenvalue weighted by Crippen LogP contribution is -2.30. The second-order valence-corrected chi connectivity index (χ2v) is 3.01. The smallest absolute Gasteiger partial charge is 0.327 e. The molecule has 7 nitrogen and oxygen atoms in total. The van der Waals surface area contributed by atoms with Gasteiger partial charge in [-0.15, -0.1) is 0 Å². The predicted molar refractivity (Wildman–Crippen MR) is 51.0 cm³/mol. The van der Waals surface area contributed by atoms with Crippen LogP contribution in [0.1, 0.15) is 18.8 Å².